The predicted octanol–water partition coefficient (Wildman–Crippen LogP) is 2.95. The number of nitrogens with one attached hydrogen (secondary N) is 1. The quantitative estimate of drug-likeness (QED) is 0.589. The zero-order valence-corrected chi connectivity index (χ0v) is 20.9. The van der Waals surface area contributed by atoms with Crippen LogP contribution in [-0.2, 0) is 19.1 Å². The Labute approximate surface area is 212 Å². The summed E-state index contributed by atoms with van der Waals surface area (Å²) in [5.74, 6) is 0.838. The molecule has 8 heteroatoms. The van der Waals surface area contributed by atoms with Gasteiger partial charge in [-0.3, -0.25) is 9.59 Å². The van der Waals surface area contributed by atoms with Gasteiger partial charge in [0.1, 0.15) is 6.04 Å². The number of hydrogen-bond donors (Lipinski definition) is 2. The van der Waals surface area contributed by atoms with Crippen molar-refractivity contribution in [2.24, 2.45) is 23.2 Å². The maximum absolute atomic E-state index is 13.8. The van der Waals surface area contributed by atoms with Crippen LogP contribution in [0, 0.1) is 23.2 Å². The summed E-state index contributed by atoms with van der Waals surface area (Å²) >= 11 is 0. The maximum Gasteiger partial charge on any atom is 0.329 e. The van der Waals surface area contributed by atoms with Gasteiger partial charge in [0, 0.05) is 37.4 Å². The van der Waals surface area contributed by atoms with Gasteiger partial charge >= 0.3 is 5.97 Å². The molecule has 2 saturated heterocycles. The fourth-order valence-electron chi connectivity index (χ4n) is 8.10. The van der Waals surface area contributed by atoms with E-state index < -0.39 is 30.6 Å². The average molecular weight is 496 g/mol. The largest absolute Gasteiger partial charge is 0.454 e. The van der Waals surface area contributed by atoms with E-state index in [4.69, 9.17) is 4.74 Å². The number of esters is 1. The van der Waals surface area contributed by atoms with Crippen molar-refractivity contribution in [1.82, 2.24) is 4.90 Å². The molecular formula is C28H37N3O5. The summed E-state index contributed by atoms with van der Waals surface area (Å²) in [6.45, 7) is 1.86. The molecule has 6 fully saturated rings. The summed E-state index contributed by atoms with van der Waals surface area (Å²) in [6.07, 6.45) is 8.24. The molecule has 1 unspecified atom stereocenters. The summed E-state index contributed by atoms with van der Waals surface area (Å²) in [7, 11) is 0. The molecule has 2 aliphatic heterocycles. The number of amides is 2. The van der Waals surface area contributed by atoms with Gasteiger partial charge in [0.05, 0.1) is 11.5 Å². The second-order valence-corrected chi connectivity index (χ2v) is 12.0. The molecule has 8 nitrogen and oxygen atoms in total. The Balaban J connectivity index is 1.05. The molecule has 0 spiro atoms. The first kappa shape index (κ1) is 23.8. The first-order valence-electron chi connectivity index (χ1n) is 13.7. The van der Waals surface area contributed by atoms with Crippen LogP contribution in [0.5, 0.6) is 0 Å². The molecule has 1 aromatic carbocycles. The highest BCUT2D eigenvalue weighted by atomic mass is 16.5. The van der Waals surface area contributed by atoms with Crippen LogP contribution in [0.4, 0.5) is 11.4 Å². The molecule has 0 radical (unpaired) electrons. The van der Waals surface area contributed by atoms with Crippen molar-refractivity contribution in [2.45, 2.75) is 69.9 Å². The highest BCUT2D eigenvalue weighted by Gasteiger charge is 2.57. The van der Waals surface area contributed by atoms with Crippen LogP contribution in [0.25, 0.3) is 0 Å². The number of carbonyl (C=O) groups is 3. The number of carbonyl (C=O) groups excluding carboxylic acids is 3. The smallest absolute Gasteiger partial charge is 0.329 e. The second kappa shape index (κ2) is 9.36. The molecule has 6 aliphatic rings. The minimum absolute atomic E-state index is 0.0163. The molecule has 36 heavy (non-hydrogen) atoms. The van der Waals surface area contributed by atoms with Crippen LogP contribution in [0.1, 0.15) is 57.8 Å². The van der Waals surface area contributed by atoms with Crippen LogP contribution in [-0.4, -0.2) is 66.2 Å². The maximum atomic E-state index is 13.8. The number of β-amino-alcohol motifs (C(OH)–C–C–N with tert-alkyl or cyclic N) is 1. The van der Waals surface area contributed by atoms with E-state index in [1.54, 1.807) is 4.90 Å². The van der Waals surface area contributed by atoms with E-state index in [2.05, 4.69) is 10.2 Å². The van der Waals surface area contributed by atoms with Crippen molar-refractivity contribution < 1.29 is 24.2 Å². The Morgan fingerprint density at radius 3 is 2.17 bits per heavy atom. The first-order valence-corrected chi connectivity index (χ1v) is 13.7. The standard InChI is InChI=1S/C28H37N3O5/c32-23-12-24(31(16-23)27(35)28-13-18-9-19(14-28)11-20(10-18)15-28)26(34)36-17-25(33)29-21-3-5-22(6-4-21)30-7-1-2-8-30/h3-6,18-20,23-24,32H,1-2,7-17H2,(H,29,33)/t18?,19?,20?,23?,24-,28?/m0/s1. The lowest BCUT2D eigenvalue weighted by Crippen LogP contribution is -2.56. The van der Waals surface area contributed by atoms with Crippen molar-refractivity contribution in [3.8, 4) is 0 Å². The van der Waals surface area contributed by atoms with Crippen LogP contribution in [0.15, 0.2) is 24.3 Å². The molecule has 0 aromatic heterocycles. The average Bonchev–Trinajstić information content (AvgIpc) is 3.52. The van der Waals surface area contributed by atoms with E-state index in [-0.39, 0.29) is 24.3 Å². The Hall–Kier alpha value is -2.61. The monoisotopic (exact) mass is 495 g/mol. The van der Waals surface area contributed by atoms with Crippen molar-refractivity contribution in [2.75, 3.05) is 36.5 Å². The number of ether oxygens (including phenoxy) is 1. The van der Waals surface area contributed by atoms with Gasteiger partial charge in [-0.25, -0.2) is 4.79 Å². The zero-order chi connectivity index (χ0) is 24.9. The topological polar surface area (TPSA) is 99.2 Å². The van der Waals surface area contributed by atoms with Gasteiger partial charge in [0.2, 0.25) is 5.91 Å². The highest BCUT2D eigenvalue weighted by Crippen LogP contribution is 2.60. The summed E-state index contributed by atoms with van der Waals surface area (Å²) in [6, 6.07) is 6.86. The molecule has 194 valence electrons. The molecule has 1 aromatic rings. The lowest BCUT2D eigenvalue weighted by Gasteiger charge is -2.56. The lowest BCUT2D eigenvalue weighted by atomic mass is 9.49. The van der Waals surface area contributed by atoms with Crippen LogP contribution < -0.4 is 10.2 Å². The third-order valence-corrected chi connectivity index (χ3v) is 9.27. The number of nitrogens with zero attached hydrogens (tertiary/aromatic N) is 2. The van der Waals surface area contributed by atoms with E-state index in [0.29, 0.717) is 23.4 Å². The summed E-state index contributed by atoms with van der Waals surface area (Å²) in [5.41, 5.74) is 1.41. The molecule has 2 heterocycles. The molecule has 2 atom stereocenters. The Bertz CT molecular complexity index is 983. The normalized spacial score (nSPS) is 34.8. The van der Waals surface area contributed by atoms with Crippen LogP contribution in [0.2, 0.25) is 0 Å². The lowest BCUT2D eigenvalue weighted by molar-refractivity contribution is -0.166. The molecule has 7 rings (SSSR count). The van der Waals surface area contributed by atoms with Gasteiger partial charge in [0.25, 0.3) is 5.91 Å². The van der Waals surface area contributed by atoms with Gasteiger partial charge in [-0.05, 0) is 93.4 Å². The Morgan fingerprint density at radius 1 is 0.944 bits per heavy atom. The molecule has 4 saturated carbocycles. The van der Waals surface area contributed by atoms with E-state index in [1.807, 2.05) is 24.3 Å². The zero-order valence-electron chi connectivity index (χ0n) is 20.9. The molecule has 2 N–H and O–H groups in total. The fourth-order valence-corrected chi connectivity index (χ4v) is 8.10. The van der Waals surface area contributed by atoms with E-state index in [1.165, 1.54) is 32.1 Å². The molecule has 4 bridgehead atoms. The fraction of sp³-hybridized carbons (Fsp3) is 0.679. The third-order valence-electron chi connectivity index (χ3n) is 9.27. The van der Waals surface area contributed by atoms with E-state index >= 15 is 0 Å². The molecule has 4 aliphatic carbocycles. The van der Waals surface area contributed by atoms with Gasteiger partial charge in [-0.2, -0.15) is 0 Å². The van der Waals surface area contributed by atoms with Gasteiger partial charge < -0.3 is 25.0 Å². The molecule has 2 amide bonds. The minimum Gasteiger partial charge on any atom is -0.454 e. The van der Waals surface area contributed by atoms with Crippen molar-refractivity contribution in [3.05, 3.63) is 24.3 Å². The van der Waals surface area contributed by atoms with Crippen LogP contribution >= 0.6 is 0 Å². The van der Waals surface area contributed by atoms with E-state index in [0.717, 1.165) is 38.0 Å². The van der Waals surface area contributed by atoms with Crippen molar-refractivity contribution in [3.63, 3.8) is 0 Å². The number of rotatable bonds is 6. The number of anilines is 2. The number of hydrogen-bond acceptors (Lipinski definition) is 6. The van der Waals surface area contributed by atoms with E-state index in [9.17, 15) is 19.5 Å². The van der Waals surface area contributed by atoms with Crippen molar-refractivity contribution in [1.29, 1.82) is 0 Å². The minimum atomic E-state index is -0.826. The Kier molecular flexibility index (Phi) is 6.18. The number of likely N-dealkylation sites (tertiary alicyclic amines) is 1. The summed E-state index contributed by atoms with van der Waals surface area (Å²) < 4.78 is 5.35. The summed E-state index contributed by atoms with van der Waals surface area (Å²) in [4.78, 5) is 43.1. The first-order chi connectivity index (χ1) is 17.4. The number of benzene rings is 1. The number of aliphatic hydroxyl groups is 1. The number of aliphatic hydroxyl groups excluding tert-OH is 1. The van der Waals surface area contributed by atoms with Gasteiger partial charge in [-0.15, -0.1) is 0 Å². The molecular weight excluding hydrogens is 458 g/mol. The Morgan fingerprint density at radius 2 is 1.56 bits per heavy atom. The van der Waals surface area contributed by atoms with Gasteiger partial charge in [0.15, 0.2) is 6.61 Å². The highest BCUT2D eigenvalue weighted by molar-refractivity contribution is 5.94. The third kappa shape index (κ3) is 4.49. The second-order valence-electron chi connectivity index (χ2n) is 12.0. The summed E-state index contributed by atoms with van der Waals surface area (Å²) in [5, 5.41) is 13.1. The van der Waals surface area contributed by atoms with Crippen molar-refractivity contribution >= 4 is 29.2 Å². The van der Waals surface area contributed by atoms with Gasteiger partial charge in [-0.1, -0.05) is 0 Å². The van der Waals surface area contributed by atoms with Crippen LogP contribution in [0.3, 0.4) is 0 Å². The SMILES string of the molecule is O=C(COC(=O)[C@@H]1CC(O)CN1C(=O)C12CC3CC(CC(C3)C1)C2)Nc1ccc(N2CCCC2)cc1. The predicted molar refractivity (Wildman–Crippen MR) is 134 cm³/mol.